The molecule has 0 heterocycles. The number of rotatable bonds is 0. The summed E-state index contributed by atoms with van der Waals surface area (Å²) in [4.78, 5) is 0. The van der Waals surface area contributed by atoms with Crippen LogP contribution in [0.3, 0.4) is 0 Å². The first-order valence-electron chi connectivity index (χ1n) is 0.617. The van der Waals surface area contributed by atoms with Crippen molar-refractivity contribution in [3.05, 3.63) is 0 Å². The zero-order chi connectivity index (χ0) is 4.50. The Kier molecular flexibility index (Phi) is 4.52. The van der Waals surface area contributed by atoms with Gasteiger partial charge in [-0.05, 0) is 0 Å². The van der Waals surface area contributed by atoms with E-state index in [2.05, 4.69) is 0 Å². The van der Waals surface area contributed by atoms with Gasteiger partial charge in [0.1, 0.15) is 0 Å². The molecule has 0 aliphatic heterocycles. The molecule has 0 saturated carbocycles. The zero-order valence-corrected chi connectivity index (χ0v) is 4.01. The maximum Gasteiger partial charge on any atom is 1.00 e. The summed E-state index contributed by atoms with van der Waals surface area (Å²) in [5, 5.41) is 0. The predicted octanol–water partition coefficient (Wildman–Crippen LogP) is -4.76. The molecule has 0 aliphatic rings. The molecule has 4 nitrogen and oxygen atoms in total. The molecule has 0 amide bonds. The first kappa shape index (κ1) is 9.82. The van der Waals surface area contributed by atoms with Crippen molar-refractivity contribution in [1.29, 1.82) is 0 Å². The van der Waals surface area contributed by atoms with Crippen molar-refractivity contribution in [1.82, 2.24) is 0 Å². The molecule has 0 saturated heterocycles. The van der Waals surface area contributed by atoms with Gasteiger partial charge in [0, 0.05) is 0 Å². The normalized spacial score (nSPS) is 10.0. The van der Waals surface area contributed by atoms with E-state index in [0.29, 0.717) is 0 Å². The fraction of sp³-hybridized carbons (Fsp3) is 0. The summed E-state index contributed by atoms with van der Waals surface area (Å²) in [5.41, 5.74) is 0. The van der Waals surface area contributed by atoms with Gasteiger partial charge in [0.05, 0.1) is 0 Å². The molecule has 0 aromatic carbocycles. The summed E-state index contributed by atoms with van der Waals surface area (Å²) in [7, 11) is -4.94. The fourth-order valence-corrected chi connectivity index (χ4v) is 0. The molecule has 0 spiro atoms. The summed E-state index contributed by atoms with van der Waals surface area (Å²) >= 11 is 0. The average Bonchev–Trinajstić information content (AvgIpc) is 0.722. The molecule has 0 rings (SSSR count). The average molecular weight is 163 g/mol. The Balaban J connectivity index is 0. The van der Waals surface area contributed by atoms with E-state index in [1.165, 1.54) is 0 Å². The van der Waals surface area contributed by atoms with Crippen LogP contribution in [0.2, 0.25) is 0 Å². The third kappa shape index (κ3) is 147. The number of hydrogen-bond donors (Lipinski definition) is 0. The standard InChI is InChI=1S/ClHO4.Cu/c2-1(3,4)5;/h(H,2,3,4,5);/q;+1/p-1. The van der Waals surface area contributed by atoms with Gasteiger partial charge in [-0.25, -0.2) is 18.6 Å². The molecular formula is ClCuO4. The van der Waals surface area contributed by atoms with Crippen LogP contribution in [0.4, 0.5) is 0 Å². The van der Waals surface area contributed by atoms with E-state index in [1.54, 1.807) is 0 Å². The molecule has 0 radical (unpaired) electrons. The second-order valence-corrected chi connectivity index (χ2v) is 1.13. The largest absolute Gasteiger partial charge is 1.00 e. The molecule has 0 aromatic rings. The molecule has 0 fully saturated rings. The van der Waals surface area contributed by atoms with Crippen molar-refractivity contribution < 1.29 is 45.9 Å². The van der Waals surface area contributed by atoms with Crippen molar-refractivity contribution >= 4 is 0 Å². The summed E-state index contributed by atoms with van der Waals surface area (Å²) in [5.74, 6) is 0. The third-order valence-electron chi connectivity index (χ3n) is 0. The molecule has 6 heavy (non-hydrogen) atoms. The van der Waals surface area contributed by atoms with Gasteiger partial charge < -0.3 is 0 Å². The first-order valence-corrected chi connectivity index (χ1v) is 1.85. The molecule has 0 bridgehead atoms. The SMILES string of the molecule is [Cu+].[O-][Cl+3]([O-])([O-])[O-]. The second kappa shape index (κ2) is 2.76. The van der Waals surface area contributed by atoms with Gasteiger partial charge in [0.15, 0.2) is 0 Å². The van der Waals surface area contributed by atoms with Crippen LogP contribution in [-0.2, 0) is 17.1 Å². The van der Waals surface area contributed by atoms with Gasteiger partial charge in [0.2, 0.25) is 0 Å². The van der Waals surface area contributed by atoms with Gasteiger partial charge in [-0.2, -0.15) is 0 Å². The Morgan fingerprint density at radius 1 is 0.833 bits per heavy atom. The molecule has 0 aliphatic carbocycles. The van der Waals surface area contributed by atoms with Crippen LogP contribution < -0.4 is 18.6 Å². The maximum atomic E-state index is 8.49. The van der Waals surface area contributed by atoms with Crippen molar-refractivity contribution in [2.24, 2.45) is 0 Å². The van der Waals surface area contributed by atoms with E-state index in [-0.39, 0.29) is 17.1 Å². The third-order valence-corrected chi connectivity index (χ3v) is 0. The fourth-order valence-electron chi connectivity index (χ4n) is 0. The van der Waals surface area contributed by atoms with E-state index < -0.39 is 10.2 Å². The van der Waals surface area contributed by atoms with Gasteiger partial charge in [0.25, 0.3) is 0 Å². The summed E-state index contributed by atoms with van der Waals surface area (Å²) in [6, 6.07) is 0. The van der Waals surface area contributed by atoms with Gasteiger partial charge >= 0.3 is 17.1 Å². The van der Waals surface area contributed by atoms with Crippen molar-refractivity contribution in [3.63, 3.8) is 0 Å². The molecule has 0 aromatic heterocycles. The van der Waals surface area contributed by atoms with Crippen LogP contribution in [0.5, 0.6) is 0 Å². The Bertz CT molecular complexity index is 23.0. The van der Waals surface area contributed by atoms with E-state index in [4.69, 9.17) is 18.6 Å². The maximum absolute atomic E-state index is 8.49. The quantitative estimate of drug-likeness (QED) is 0.335. The molecule has 0 atom stereocenters. The van der Waals surface area contributed by atoms with Crippen LogP contribution >= 0.6 is 0 Å². The topological polar surface area (TPSA) is 92.2 Å². The number of hydrogen-bond acceptors (Lipinski definition) is 4. The molecule has 0 unspecified atom stereocenters. The van der Waals surface area contributed by atoms with Crippen LogP contribution in [0.25, 0.3) is 0 Å². The Morgan fingerprint density at radius 3 is 0.833 bits per heavy atom. The van der Waals surface area contributed by atoms with Crippen LogP contribution in [-0.4, -0.2) is 0 Å². The molecule has 0 N–H and O–H groups in total. The Morgan fingerprint density at radius 2 is 0.833 bits per heavy atom. The van der Waals surface area contributed by atoms with Crippen LogP contribution in [0.15, 0.2) is 0 Å². The van der Waals surface area contributed by atoms with E-state index in [1.807, 2.05) is 0 Å². The number of halogens is 1. The minimum Gasteiger partial charge on any atom is -0.222 e. The van der Waals surface area contributed by atoms with Crippen molar-refractivity contribution in [3.8, 4) is 0 Å². The van der Waals surface area contributed by atoms with Crippen molar-refractivity contribution in [2.75, 3.05) is 0 Å². The van der Waals surface area contributed by atoms with Gasteiger partial charge in [-0.15, -0.1) is 10.2 Å². The summed E-state index contributed by atoms with van der Waals surface area (Å²) < 4.78 is 34.0. The van der Waals surface area contributed by atoms with Crippen LogP contribution in [0, 0.1) is 10.2 Å². The minimum atomic E-state index is -4.94. The Labute approximate surface area is 46.6 Å². The monoisotopic (exact) mass is 162 g/mol. The molecule has 6 heteroatoms. The van der Waals surface area contributed by atoms with Gasteiger partial charge in [-0.3, -0.25) is 0 Å². The van der Waals surface area contributed by atoms with E-state index in [9.17, 15) is 0 Å². The smallest absolute Gasteiger partial charge is 0.222 e. The van der Waals surface area contributed by atoms with Crippen molar-refractivity contribution in [2.45, 2.75) is 0 Å². The van der Waals surface area contributed by atoms with E-state index >= 15 is 0 Å². The summed E-state index contributed by atoms with van der Waals surface area (Å²) in [6.45, 7) is 0. The first-order chi connectivity index (χ1) is 2.00. The second-order valence-electron chi connectivity index (χ2n) is 0.378. The van der Waals surface area contributed by atoms with Gasteiger partial charge in [-0.1, -0.05) is 0 Å². The zero-order valence-electron chi connectivity index (χ0n) is 2.31. The Hall–Kier alpha value is 0.649. The van der Waals surface area contributed by atoms with E-state index in [0.717, 1.165) is 0 Å². The molecular weight excluding hydrogens is 163 g/mol. The predicted molar refractivity (Wildman–Crippen MR) is 0 cm³/mol. The molecule has 42 valence electrons. The van der Waals surface area contributed by atoms with Crippen LogP contribution in [0.1, 0.15) is 0 Å². The summed E-state index contributed by atoms with van der Waals surface area (Å²) in [6.07, 6.45) is 0. The minimum absolute atomic E-state index is 0.